The molecule has 0 aromatic heterocycles. The Bertz CT molecular complexity index is 414. The molecule has 3 unspecified atom stereocenters. The highest BCUT2D eigenvalue weighted by atomic mass is 16.3. The Morgan fingerprint density at radius 2 is 2.20 bits per heavy atom. The fraction of sp³-hybridized carbons (Fsp3) is 0.562. The minimum absolute atomic E-state index is 0.0953. The number of carbonyl (C=O) groups excluding carboxylic acids is 1. The van der Waals surface area contributed by atoms with Gasteiger partial charge in [-0.2, -0.15) is 0 Å². The highest BCUT2D eigenvalue weighted by Gasteiger charge is 2.23. The van der Waals surface area contributed by atoms with Crippen molar-refractivity contribution in [2.24, 2.45) is 5.92 Å². The fourth-order valence-corrected chi connectivity index (χ4v) is 2.72. The van der Waals surface area contributed by atoms with Crippen LogP contribution in [0.15, 0.2) is 30.3 Å². The molecule has 4 heteroatoms. The van der Waals surface area contributed by atoms with E-state index in [1.807, 2.05) is 18.2 Å². The minimum atomic E-state index is -0.370. The molecule has 1 aliphatic rings. The van der Waals surface area contributed by atoms with Crippen LogP contribution in [0.1, 0.15) is 31.2 Å². The molecule has 20 heavy (non-hydrogen) atoms. The third-order valence-electron chi connectivity index (χ3n) is 3.85. The lowest BCUT2D eigenvalue weighted by Crippen LogP contribution is -2.35. The second-order valence-electron chi connectivity index (χ2n) is 5.63. The molecule has 1 aromatic carbocycles. The monoisotopic (exact) mass is 276 g/mol. The van der Waals surface area contributed by atoms with Crippen molar-refractivity contribution in [1.29, 1.82) is 0 Å². The molecule has 1 fully saturated rings. The highest BCUT2D eigenvalue weighted by Crippen LogP contribution is 2.20. The largest absolute Gasteiger partial charge is 0.393 e. The summed E-state index contributed by atoms with van der Waals surface area (Å²) < 4.78 is 0. The minimum Gasteiger partial charge on any atom is -0.393 e. The smallest absolute Gasteiger partial charge is 0.224 e. The Morgan fingerprint density at radius 3 is 2.80 bits per heavy atom. The maximum Gasteiger partial charge on any atom is 0.224 e. The van der Waals surface area contributed by atoms with Crippen LogP contribution in [0, 0.1) is 5.92 Å². The fourth-order valence-electron chi connectivity index (χ4n) is 2.72. The summed E-state index contributed by atoms with van der Waals surface area (Å²) in [6, 6.07) is 10.1. The Kier molecular flexibility index (Phi) is 5.56. The quantitative estimate of drug-likeness (QED) is 0.733. The van der Waals surface area contributed by atoms with Crippen LogP contribution in [0.25, 0.3) is 0 Å². The molecule has 0 spiro atoms. The summed E-state index contributed by atoms with van der Waals surface area (Å²) in [4.78, 5) is 12.1. The van der Waals surface area contributed by atoms with Crippen molar-refractivity contribution in [1.82, 2.24) is 10.6 Å². The molecule has 0 saturated carbocycles. The summed E-state index contributed by atoms with van der Waals surface area (Å²) in [5.74, 6) is 0.383. The third-order valence-corrected chi connectivity index (χ3v) is 3.85. The molecule has 0 bridgehead atoms. The van der Waals surface area contributed by atoms with Crippen LogP contribution in [0.3, 0.4) is 0 Å². The van der Waals surface area contributed by atoms with E-state index in [4.69, 9.17) is 0 Å². The predicted molar refractivity (Wildman–Crippen MR) is 79.5 cm³/mol. The zero-order chi connectivity index (χ0) is 14.4. The van der Waals surface area contributed by atoms with Crippen LogP contribution >= 0.6 is 0 Å². The van der Waals surface area contributed by atoms with Crippen molar-refractivity contribution in [3.05, 3.63) is 35.9 Å². The van der Waals surface area contributed by atoms with E-state index in [2.05, 4.69) is 22.8 Å². The van der Waals surface area contributed by atoms with Crippen molar-refractivity contribution in [3.63, 3.8) is 0 Å². The van der Waals surface area contributed by atoms with E-state index in [1.54, 1.807) is 6.92 Å². The maximum absolute atomic E-state index is 12.1. The Labute approximate surface area is 120 Å². The van der Waals surface area contributed by atoms with Crippen LogP contribution < -0.4 is 10.6 Å². The Hall–Kier alpha value is -1.39. The molecule has 3 atom stereocenters. The van der Waals surface area contributed by atoms with E-state index in [9.17, 15) is 9.90 Å². The lowest BCUT2D eigenvalue weighted by atomic mass is 9.93. The second-order valence-corrected chi connectivity index (χ2v) is 5.63. The van der Waals surface area contributed by atoms with Gasteiger partial charge in [0.15, 0.2) is 0 Å². The van der Waals surface area contributed by atoms with Gasteiger partial charge in [0.1, 0.15) is 0 Å². The van der Waals surface area contributed by atoms with Crippen molar-refractivity contribution in [3.8, 4) is 0 Å². The number of aliphatic hydroxyl groups excluding tert-OH is 1. The van der Waals surface area contributed by atoms with Crippen LogP contribution in [-0.2, 0) is 4.79 Å². The van der Waals surface area contributed by atoms with Crippen LogP contribution in [0.4, 0.5) is 0 Å². The van der Waals surface area contributed by atoms with Gasteiger partial charge in [-0.25, -0.2) is 0 Å². The van der Waals surface area contributed by atoms with Gasteiger partial charge in [0.25, 0.3) is 0 Å². The predicted octanol–water partition coefficient (Wildman–Crippen LogP) is 1.27. The van der Waals surface area contributed by atoms with E-state index >= 15 is 0 Å². The van der Waals surface area contributed by atoms with Crippen LogP contribution in [0.2, 0.25) is 0 Å². The number of hydrogen-bond acceptors (Lipinski definition) is 3. The summed E-state index contributed by atoms with van der Waals surface area (Å²) in [6.45, 7) is 4.08. The number of hydrogen-bond donors (Lipinski definition) is 3. The first-order valence-electron chi connectivity index (χ1n) is 7.38. The van der Waals surface area contributed by atoms with Gasteiger partial charge in [0.05, 0.1) is 12.0 Å². The Balaban J connectivity index is 1.92. The molecule has 1 heterocycles. The van der Waals surface area contributed by atoms with Crippen molar-refractivity contribution in [2.45, 2.75) is 31.8 Å². The zero-order valence-electron chi connectivity index (χ0n) is 12.0. The normalized spacial score (nSPS) is 21.4. The van der Waals surface area contributed by atoms with Gasteiger partial charge in [-0.15, -0.1) is 0 Å². The molecule has 0 aliphatic carbocycles. The molecule has 1 amide bonds. The van der Waals surface area contributed by atoms with E-state index in [0.29, 0.717) is 13.0 Å². The van der Waals surface area contributed by atoms with Gasteiger partial charge in [-0.1, -0.05) is 30.3 Å². The maximum atomic E-state index is 12.1. The van der Waals surface area contributed by atoms with E-state index in [0.717, 1.165) is 19.5 Å². The molecule has 2 rings (SSSR count). The first kappa shape index (κ1) is 15.0. The molecule has 3 N–H and O–H groups in total. The first-order valence-corrected chi connectivity index (χ1v) is 7.38. The summed E-state index contributed by atoms with van der Waals surface area (Å²) in [5.41, 5.74) is 1.17. The number of aliphatic hydroxyl groups is 1. The average Bonchev–Trinajstić information content (AvgIpc) is 2.98. The molecule has 110 valence electrons. The second kappa shape index (κ2) is 7.41. The highest BCUT2D eigenvalue weighted by molar-refractivity contribution is 5.79. The van der Waals surface area contributed by atoms with Gasteiger partial charge in [-0.3, -0.25) is 4.79 Å². The van der Waals surface area contributed by atoms with Crippen molar-refractivity contribution < 1.29 is 9.90 Å². The van der Waals surface area contributed by atoms with Crippen molar-refractivity contribution in [2.75, 3.05) is 19.6 Å². The van der Waals surface area contributed by atoms with Gasteiger partial charge in [-0.05, 0) is 31.9 Å². The topological polar surface area (TPSA) is 61.4 Å². The molecule has 1 saturated heterocycles. The lowest BCUT2D eigenvalue weighted by molar-refractivity contribution is -0.124. The summed E-state index contributed by atoms with van der Waals surface area (Å²) >= 11 is 0. The van der Waals surface area contributed by atoms with Gasteiger partial charge in [0, 0.05) is 19.0 Å². The SMILES string of the molecule is CC(O)CC(CNC(=O)C1CCNC1)c1ccccc1. The number of carbonyl (C=O) groups is 1. The summed E-state index contributed by atoms with van der Waals surface area (Å²) in [6.07, 6.45) is 1.20. The summed E-state index contributed by atoms with van der Waals surface area (Å²) in [5, 5.41) is 15.9. The molecule has 1 aromatic rings. The number of nitrogens with one attached hydrogen (secondary N) is 2. The van der Waals surface area contributed by atoms with Crippen LogP contribution in [-0.4, -0.2) is 36.8 Å². The van der Waals surface area contributed by atoms with E-state index < -0.39 is 0 Å². The standard InChI is InChI=1S/C16H24N2O2/c1-12(19)9-15(13-5-3-2-4-6-13)11-18-16(20)14-7-8-17-10-14/h2-6,12,14-15,17,19H,7-11H2,1H3,(H,18,20). The molecule has 4 nitrogen and oxygen atoms in total. The number of amides is 1. The lowest BCUT2D eigenvalue weighted by Gasteiger charge is -2.20. The first-order chi connectivity index (χ1) is 9.66. The van der Waals surface area contributed by atoms with E-state index in [-0.39, 0.29) is 23.8 Å². The third kappa shape index (κ3) is 4.32. The molecular formula is C16H24N2O2. The van der Waals surface area contributed by atoms with Gasteiger partial charge in [0.2, 0.25) is 5.91 Å². The molecule has 0 radical (unpaired) electrons. The van der Waals surface area contributed by atoms with Gasteiger partial charge >= 0.3 is 0 Å². The molecular weight excluding hydrogens is 252 g/mol. The number of benzene rings is 1. The van der Waals surface area contributed by atoms with E-state index in [1.165, 1.54) is 5.56 Å². The Morgan fingerprint density at radius 1 is 1.45 bits per heavy atom. The van der Waals surface area contributed by atoms with Gasteiger partial charge < -0.3 is 15.7 Å². The molecule has 1 aliphatic heterocycles. The average molecular weight is 276 g/mol. The van der Waals surface area contributed by atoms with Crippen LogP contribution in [0.5, 0.6) is 0 Å². The summed E-state index contributed by atoms with van der Waals surface area (Å²) in [7, 11) is 0. The zero-order valence-corrected chi connectivity index (χ0v) is 12.0. The number of rotatable bonds is 6. The van der Waals surface area contributed by atoms with Crippen molar-refractivity contribution >= 4 is 5.91 Å².